The second-order valence-electron chi connectivity index (χ2n) is 6.72. The number of nitrogens with one attached hydrogen (secondary N) is 1. The molecule has 0 spiro atoms. The lowest BCUT2D eigenvalue weighted by molar-refractivity contribution is -0.139. The maximum Gasteiger partial charge on any atom is 0.305 e. The van der Waals surface area contributed by atoms with Crippen molar-refractivity contribution in [2.45, 2.75) is 45.1 Å². The van der Waals surface area contributed by atoms with Crippen molar-refractivity contribution in [2.75, 3.05) is 0 Å². The van der Waals surface area contributed by atoms with Gasteiger partial charge >= 0.3 is 5.97 Å². The number of rotatable bonds is 6. The van der Waals surface area contributed by atoms with E-state index in [1.807, 2.05) is 13.8 Å². The summed E-state index contributed by atoms with van der Waals surface area (Å²) in [5.74, 6) is -4.02. The molecular formula is C17H21F2NO3. The van der Waals surface area contributed by atoms with Crippen molar-refractivity contribution in [1.82, 2.24) is 5.32 Å². The highest BCUT2D eigenvalue weighted by atomic mass is 19.2. The molecule has 2 N–H and O–H groups in total. The standard InChI is InChI=1S/C17H21F2NO3/c1-9(2)17(3,8-14(21)22)20-16(23)12-7-11(12)10-5-4-6-13(18)15(10)19/h4-6,9,11-12H,7-8H2,1-3H3,(H,20,23)(H,21,22). The maximum atomic E-state index is 13.8. The number of carbonyl (C=O) groups excluding carboxylic acids is 1. The van der Waals surface area contributed by atoms with Gasteiger partial charge in [-0.3, -0.25) is 9.59 Å². The summed E-state index contributed by atoms with van der Waals surface area (Å²) in [6.45, 7) is 5.35. The first-order valence-electron chi connectivity index (χ1n) is 7.63. The number of carboxylic acid groups (broad SMARTS) is 1. The lowest BCUT2D eigenvalue weighted by Gasteiger charge is -2.33. The van der Waals surface area contributed by atoms with Gasteiger partial charge in [0.15, 0.2) is 11.6 Å². The topological polar surface area (TPSA) is 66.4 Å². The summed E-state index contributed by atoms with van der Waals surface area (Å²) in [6.07, 6.45) is 0.246. The first-order chi connectivity index (χ1) is 10.7. The van der Waals surface area contributed by atoms with E-state index in [0.717, 1.165) is 6.07 Å². The zero-order valence-corrected chi connectivity index (χ0v) is 13.4. The van der Waals surface area contributed by atoms with E-state index < -0.39 is 29.1 Å². The van der Waals surface area contributed by atoms with Crippen molar-refractivity contribution in [2.24, 2.45) is 11.8 Å². The molecule has 0 aromatic heterocycles. The second kappa shape index (κ2) is 6.26. The molecule has 0 bridgehead atoms. The highest BCUT2D eigenvalue weighted by Crippen LogP contribution is 2.49. The minimum atomic E-state index is -0.995. The van der Waals surface area contributed by atoms with Gasteiger partial charge in [0.2, 0.25) is 5.91 Å². The van der Waals surface area contributed by atoms with Gasteiger partial charge in [0.1, 0.15) is 0 Å². The highest BCUT2D eigenvalue weighted by Gasteiger charge is 2.47. The monoisotopic (exact) mass is 325 g/mol. The number of hydrogen-bond donors (Lipinski definition) is 2. The van der Waals surface area contributed by atoms with E-state index >= 15 is 0 Å². The Morgan fingerprint density at radius 1 is 1.39 bits per heavy atom. The molecule has 4 nitrogen and oxygen atoms in total. The smallest absolute Gasteiger partial charge is 0.305 e. The van der Waals surface area contributed by atoms with Gasteiger partial charge in [0, 0.05) is 11.5 Å². The van der Waals surface area contributed by atoms with E-state index in [-0.39, 0.29) is 29.7 Å². The molecule has 3 unspecified atom stereocenters. The van der Waals surface area contributed by atoms with Crippen molar-refractivity contribution in [3.8, 4) is 0 Å². The largest absolute Gasteiger partial charge is 0.481 e. The number of amides is 1. The van der Waals surface area contributed by atoms with Gasteiger partial charge in [-0.2, -0.15) is 0 Å². The number of benzene rings is 1. The molecule has 1 aromatic carbocycles. The fourth-order valence-electron chi connectivity index (χ4n) is 2.72. The molecule has 23 heavy (non-hydrogen) atoms. The molecular weight excluding hydrogens is 304 g/mol. The summed E-state index contributed by atoms with van der Waals surface area (Å²) in [5.41, 5.74) is -0.675. The molecule has 1 saturated carbocycles. The third kappa shape index (κ3) is 3.68. The van der Waals surface area contributed by atoms with Crippen LogP contribution in [0.4, 0.5) is 8.78 Å². The molecule has 1 aliphatic carbocycles. The van der Waals surface area contributed by atoms with Crippen molar-refractivity contribution in [3.05, 3.63) is 35.4 Å². The third-order valence-electron chi connectivity index (χ3n) is 4.71. The Morgan fingerprint density at radius 3 is 2.61 bits per heavy atom. The van der Waals surface area contributed by atoms with Crippen LogP contribution in [0, 0.1) is 23.5 Å². The average molecular weight is 325 g/mol. The van der Waals surface area contributed by atoms with Crippen molar-refractivity contribution in [3.63, 3.8) is 0 Å². The SMILES string of the molecule is CC(C)C(C)(CC(=O)O)NC(=O)C1CC1c1cccc(F)c1F. The van der Waals surface area contributed by atoms with Gasteiger partial charge in [-0.15, -0.1) is 0 Å². The van der Waals surface area contributed by atoms with Crippen LogP contribution in [-0.2, 0) is 9.59 Å². The molecule has 3 atom stereocenters. The first kappa shape index (κ1) is 17.4. The van der Waals surface area contributed by atoms with Crippen LogP contribution in [-0.4, -0.2) is 22.5 Å². The molecule has 2 rings (SSSR count). The lowest BCUT2D eigenvalue weighted by atomic mass is 9.85. The normalized spacial score (nSPS) is 22.5. The Morgan fingerprint density at radius 2 is 2.04 bits per heavy atom. The minimum Gasteiger partial charge on any atom is -0.481 e. The van der Waals surface area contributed by atoms with Gasteiger partial charge in [-0.25, -0.2) is 8.78 Å². The molecule has 126 valence electrons. The Bertz CT molecular complexity index is 632. The average Bonchev–Trinajstić information content (AvgIpc) is 3.21. The van der Waals surface area contributed by atoms with Gasteiger partial charge in [0.25, 0.3) is 0 Å². The number of halogens is 2. The number of aliphatic carboxylic acids is 1. The van der Waals surface area contributed by atoms with Crippen LogP contribution in [0.5, 0.6) is 0 Å². The van der Waals surface area contributed by atoms with Crippen LogP contribution in [0.1, 0.15) is 45.1 Å². The van der Waals surface area contributed by atoms with Crippen LogP contribution >= 0.6 is 0 Å². The molecule has 1 amide bonds. The fraction of sp³-hybridized carbons (Fsp3) is 0.529. The van der Waals surface area contributed by atoms with E-state index in [4.69, 9.17) is 5.11 Å². The van der Waals surface area contributed by atoms with E-state index in [9.17, 15) is 18.4 Å². The number of carbonyl (C=O) groups is 2. The number of carboxylic acids is 1. The van der Waals surface area contributed by atoms with Crippen molar-refractivity contribution in [1.29, 1.82) is 0 Å². The molecule has 0 saturated heterocycles. The maximum absolute atomic E-state index is 13.8. The van der Waals surface area contributed by atoms with Crippen molar-refractivity contribution < 1.29 is 23.5 Å². The van der Waals surface area contributed by atoms with Crippen LogP contribution < -0.4 is 5.32 Å². The van der Waals surface area contributed by atoms with E-state index in [1.165, 1.54) is 12.1 Å². The molecule has 1 aromatic rings. The van der Waals surface area contributed by atoms with Gasteiger partial charge in [-0.1, -0.05) is 26.0 Å². The van der Waals surface area contributed by atoms with E-state index in [2.05, 4.69) is 5.32 Å². The van der Waals surface area contributed by atoms with Crippen molar-refractivity contribution >= 4 is 11.9 Å². The fourth-order valence-corrected chi connectivity index (χ4v) is 2.72. The minimum absolute atomic E-state index is 0.0781. The Hall–Kier alpha value is -1.98. The molecule has 1 aliphatic rings. The Balaban J connectivity index is 2.08. The van der Waals surface area contributed by atoms with E-state index in [0.29, 0.717) is 6.42 Å². The van der Waals surface area contributed by atoms with Gasteiger partial charge in [-0.05, 0) is 36.8 Å². The number of hydrogen-bond acceptors (Lipinski definition) is 2. The lowest BCUT2D eigenvalue weighted by Crippen LogP contribution is -2.51. The molecule has 0 aliphatic heterocycles. The molecule has 0 heterocycles. The summed E-state index contributed by atoms with van der Waals surface area (Å²) in [6, 6.07) is 3.94. The zero-order chi connectivity index (χ0) is 17.4. The Kier molecular flexibility index (Phi) is 4.73. The van der Waals surface area contributed by atoms with Crippen LogP contribution in [0.2, 0.25) is 0 Å². The molecule has 1 fully saturated rings. The summed E-state index contributed by atoms with van der Waals surface area (Å²) in [5, 5.41) is 11.8. The summed E-state index contributed by atoms with van der Waals surface area (Å²) >= 11 is 0. The molecule has 0 radical (unpaired) electrons. The first-order valence-corrected chi connectivity index (χ1v) is 7.63. The van der Waals surface area contributed by atoms with E-state index in [1.54, 1.807) is 6.92 Å². The summed E-state index contributed by atoms with van der Waals surface area (Å²) < 4.78 is 27.1. The van der Waals surface area contributed by atoms with Crippen LogP contribution in [0.25, 0.3) is 0 Å². The second-order valence-corrected chi connectivity index (χ2v) is 6.72. The Labute approximate surface area is 133 Å². The van der Waals surface area contributed by atoms with Gasteiger partial charge < -0.3 is 10.4 Å². The van der Waals surface area contributed by atoms with Gasteiger partial charge in [0.05, 0.1) is 6.42 Å². The zero-order valence-electron chi connectivity index (χ0n) is 13.4. The summed E-state index contributed by atoms with van der Waals surface area (Å²) in [4.78, 5) is 23.4. The third-order valence-corrected chi connectivity index (χ3v) is 4.71. The van der Waals surface area contributed by atoms with Crippen LogP contribution in [0.3, 0.4) is 0 Å². The predicted octanol–water partition coefficient (Wildman–Crippen LogP) is 3.07. The highest BCUT2D eigenvalue weighted by molar-refractivity contribution is 5.84. The summed E-state index contributed by atoms with van der Waals surface area (Å²) in [7, 11) is 0. The quantitative estimate of drug-likeness (QED) is 0.845. The van der Waals surface area contributed by atoms with Crippen LogP contribution in [0.15, 0.2) is 18.2 Å². The predicted molar refractivity (Wildman–Crippen MR) is 80.8 cm³/mol. The molecule has 6 heteroatoms.